The minimum atomic E-state index is 0.815. The molecule has 0 saturated heterocycles. The highest BCUT2D eigenvalue weighted by Gasteiger charge is 2.26. The van der Waals surface area contributed by atoms with Gasteiger partial charge in [-0.25, -0.2) is 14.5 Å². The molecule has 5 aromatic rings. The number of aromatic nitrogens is 6. The number of hydrogen-bond acceptors (Lipinski definition) is 5. The standard InChI is InChI=1S/C24H20N6O/c1-15-4-3-5-20(27-15)22-23(17-6-9-21-25-14-26-30(21)13-17)29-11-10-16-12-18(31-2)7-8-19(16)24(29)28-22/h3-9,12-14H,10-11H2,1-2H3. The summed E-state index contributed by atoms with van der Waals surface area (Å²) < 4.78 is 9.52. The molecule has 0 amide bonds. The smallest absolute Gasteiger partial charge is 0.155 e. The summed E-state index contributed by atoms with van der Waals surface area (Å²) >= 11 is 0. The lowest BCUT2D eigenvalue weighted by atomic mass is 10.00. The van der Waals surface area contributed by atoms with Crippen molar-refractivity contribution in [2.75, 3.05) is 7.11 Å². The molecule has 152 valence electrons. The third kappa shape index (κ3) is 2.81. The number of rotatable bonds is 3. The molecule has 7 nitrogen and oxygen atoms in total. The minimum absolute atomic E-state index is 0.815. The van der Waals surface area contributed by atoms with Crippen LogP contribution < -0.4 is 4.74 Å². The monoisotopic (exact) mass is 408 g/mol. The van der Waals surface area contributed by atoms with Gasteiger partial charge in [0, 0.05) is 29.6 Å². The van der Waals surface area contributed by atoms with Gasteiger partial charge in [0.1, 0.15) is 23.6 Å². The molecule has 0 unspecified atom stereocenters. The van der Waals surface area contributed by atoms with Crippen LogP contribution in [0.4, 0.5) is 0 Å². The fraction of sp³-hybridized carbons (Fsp3) is 0.167. The lowest BCUT2D eigenvalue weighted by molar-refractivity contribution is 0.414. The minimum Gasteiger partial charge on any atom is -0.497 e. The molecule has 0 N–H and O–H groups in total. The highest BCUT2D eigenvalue weighted by atomic mass is 16.5. The lowest BCUT2D eigenvalue weighted by Crippen LogP contribution is -2.12. The van der Waals surface area contributed by atoms with E-state index in [1.165, 1.54) is 5.56 Å². The second-order valence-electron chi connectivity index (χ2n) is 7.70. The van der Waals surface area contributed by atoms with Gasteiger partial charge in [0.25, 0.3) is 0 Å². The zero-order valence-electron chi connectivity index (χ0n) is 17.3. The van der Waals surface area contributed by atoms with Gasteiger partial charge in [-0.15, -0.1) is 0 Å². The molecular formula is C24H20N6O. The molecule has 0 spiro atoms. The molecule has 0 radical (unpaired) electrons. The first kappa shape index (κ1) is 17.8. The molecular weight excluding hydrogens is 388 g/mol. The van der Waals surface area contributed by atoms with Crippen LogP contribution in [0, 0.1) is 6.92 Å². The summed E-state index contributed by atoms with van der Waals surface area (Å²) in [5.41, 5.74) is 7.99. The van der Waals surface area contributed by atoms with Crippen molar-refractivity contribution in [2.45, 2.75) is 19.9 Å². The quantitative estimate of drug-likeness (QED) is 0.448. The van der Waals surface area contributed by atoms with Crippen LogP contribution in [0.5, 0.6) is 5.75 Å². The van der Waals surface area contributed by atoms with Crippen LogP contribution in [0.15, 0.2) is 61.1 Å². The van der Waals surface area contributed by atoms with E-state index >= 15 is 0 Å². The normalized spacial score (nSPS) is 12.6. The number of fused-ring (bicyclic) bond motifs is 4. The summed E-state index contributed by atoms with van der Waals surface area (Å²) in [5.74, 6) is 1.83. The van der Waals surface area contributed by atoms with E-state index < -0.39 is 0 Å². The number of methoxy groups -OCH3 is 1. The van der Waals surface area contributed by atoms with Gasteiger partial charge in [0.05, 0.1) is 18.5 Å². The Balaban J connectivity index is 1.63. The highest BCUT2D eigenvalue weighted by molar-refractivity contribution is 5.82. The Kier molecular flexibility index (Phi) is 3.89. The van der Waals surface area contributed by atoms with E-state index in [4.69, 9.17) is 14.7 Å². The molecule has 6 rings (SSSR count). The van der Waals surface area contributed by atoms with Crippen LogP contribution in [0.1, 0.15) is 11.3 Å². The van der Waals surface area contributed by atoms with Crippen LogP contribution in [-0.4, -0.2) is 36.2 Å². The van der Waals surface area contributed by atoms with Crippen molar-refractivity contribution in [1.82, 2.24) is 29.1 Å². The number of aryl methyl sites for hydroxylation is 2. The van der Waals surface area contributed by atoms with E-state index in [0.29, 0.717) is 0 Å². The van der Waals surface area contributed by atoms with Gasteiger partial charge in [-0.1, -0.05) is 6.07 Å². The third-order valence-electron chi connectivity index (χ3n) is 5.80. The molecule has 0 saturated carbocycles. The predicted molar refractivity (Wildman–Crippen MR) is 118 cm³/mol. The number of hydrogen-bond donors (Lipinski definition) is 0. The molecule has 4 aromatic heterocycles. The first-order valence-electron chi connectivity index (χ1n) is 10.2. The fourth-order valence-corrected chi connectivity index (χ4v) is 4.33. The van der Waals surface area contributed by atoms with E-state index in [2.05, 4.69) is 32.8 Å². The largest absolute Gasteiger partial charge is 0.497 e. The average Bonchev–Trinajstić information content (AvgIpc) is 3.42. The molecule has 31 heavy (non-hydrogen) atoms. The van der Waals surface area contributed by atoms with Crippen molar-refractivity contribution < 1.29 is 4.74 Å². The Hall–Kier alpha value is -4.00. The maximum Gasteiger partial charge on any atom is 0.155 e. The summed E-state index contributed by atoms with van der Waals surface area (Å²) in [6.45, 7) is 2.83. The predicted octanol–water partition coefficient (Wildman–Crippen LogP) is 4.19. The third-order valence-corrected chi connectivity index (χ3v) is 5.80. The lowest BCUT2D eigenvalue weighted by Gasteiger charge is -2.20. The van der Waals surface area contributed by atoms with E-state index in [1.54, 1.807) is 18.0 Å². The van der Waals surface area contributed by atoms with Gasteiger partial charge in [-0.3, -0.25) is 4.98 Å². The number of ether oxygens (including phenoxy) is 1. The average molecular weight is 408 g/mol. The summed E-state index contributed by atoms with van der Waals surface area (Å²) in [6.07, 6.45) is 4.49. The van der Waals surface area contributed by atoms with E-state index in [1.807, 2.05) is 43.5 Å². The van der Waals surface area contributed by atoms with Gasteiger partial charge in [-0.05, 0) is 61.4 Å². The van der Waals surface area contributed by atoms with E-state index in [9.17, 15) is 0 Å². The van der Waals surface area contributed by atoms with Crippen molar-refractivity contribution >= 4 is 5.65 Å². The van der Waals surface area contributed by atoms with Crippen molar-refractivity contribution in [2.24, 2.45) is 0 Å². The van der Waals surface area contributed by atoms with Crippen LogP contribution in [0.25, 0.3) is 39.7 Å². The summed E-state index contributed by atoms with van der Waals surface area (Å²) in [7, 11) is 1.70. The Labute approximate surface area is 179 Å². The van der Waals surface area contributed by atoms with Gasteiger partial charge < -0.3 is 9.30 Å². The summed E-state index contributed by atoms with van der Waals surface area (Å²) in [5, 5.41) is 4.32. The van der Waals surface area contributed by atoms with Crippen LogP contribution >= 0.6 is 0 Å². The van der Waals surface area contributed by atoms with E-state index in [0.717, 1.165) is 64.1 Å². The molecule has 0 aliphatic carbocycles. The van der Waals surface area contributed by atoms with Crippen LogP contribution in [-0.2, 0) is 13.0 Å². The van der Waals surface area contributed by atoms with Gasteiger partial charge in [0.2, 0.25) is 0 Å². The first-order valence-corrected chi connectivity index (χ1v) is 10.2. The number of imidazole rings is 1. The molecule has 7 heteroatoms. The second-order valence-corrected chi connectivity index (χ2v) is 7.70. The number of nitrogens with zero attached hydrogens (tertiary/aromatic N) is 6. The second kappa shape index (κ2) is 6.77. The SMILES string of the molecule is COc1ccc2c(c1)CCn1c-2nc(-c2cccc(C)n2)c1-c1ccc2ncnn2c1. The van der Waals surface area contributed by atoms with Crippen molar-refractivity contribution in [3.05, 3.63) is 72.3 Å². The summed E-state index contributed by atoms with van der Waals surface area (Å²) in [4.78, 5) is 14.2. The van der Waals surface area contributed by atoms with Crippen LogP contribution in [0.3, 0.4) is 0 Å². The highest BCUT2D eigenvalue weighted by Crippen LogP contribution is 2.40. The Morgan fingerprint density at radius 1 is 1.03 bits per heavy atom. The van der Waals surface area contributed by atoms with Gasteiger partial charge >= 0.3 is 0 Å². The molecule has 1 aliphatic rings. The topological polar surface area (TPSA) is 70.1 Å². The van der Waals surface area contributed by atoms with Crippen molar-refractivity contribution in [3.8, 4) is 39.8 Å². The molecule has 1 aromatic carbocycles. The molecule has 1 aliphatic heterocycles. The van der Waals surface area contributed by atoms with Gasteiger partial charge in [-0.2, -0.15) is 5.10 Å². The molecule has 0 bridgehead atoms. The van der Waals surface area contributed by atoms with Gasteiger partial charge in [0.15, 0.2) is 5.65 Å². The van der Waals surface area contributed by atoms with Crippen LogP contribution in [0.2, 0.25) is 0 Å². The Bertz CT molecular complexity index is 1450. The van der Waals surface area contributed by atoms with Crippen molar-refractivity contribution in [3.63, 3.8) is 0 Å². The van der Waals surface area contributed by atoms with Crippen molar-refractivity contribution in [1.29, 1.82) is 0 Å². The maximum absolute atomic E-state index is 5.43. The number of pyridine rings is 2. The summed E-state index contributed by atoms with van der Waals surface area (Å²) in [6, 6.07) is 16.3. The fourth-order valence-electron chi connectivity index (χ4n) is 4.33. The number of benzene rings is 1. The zero-order valence-corrected chi connectivity index (χ0v) is 17.3. The Morgan fingerprint density at radius 2 is 1.97 bits per heavy atom. The molecule has 0 fully saturated rings. The Morgan fingerprint density at radius 3 is 2.84 bits per heavy atom. The first-order chi connectivity index (χ1) is 15.2. The van der Waals surface area contributed by atoms with E-state index in [-0.39, 0.29) is 0 Å². The molecule has 5 heterocycles. The zero-order chi connectivity index (χ0) is 20.9. The molecule has 0 atom stereocenters. The maximum atomic E-state index is 5.43.